The van der Waals surface area contributed by atoms with Gasteiger partial charge in [-0.25, -0.2) is 0 Å². The van der Waals surface area contributed by atoms with Crippen molar-refractivity contribution >= 4 is 11.0 Å². The van der Waals surface area contributed by atoms with Crippen LogP contribution in [0.3, 0.4) is 0 Å². The molecule has 0 amide bonds. The van der Waals surface area contributed by atoms with Crippen molar-refractivity contribution in [1.29, 1.82) is 0 Å². The number of benzene rings is 2. The summed E-state index contributed by atoms with van der Waals surface area (Å²) in [7, 11) is 0. The Labute approximate surface area is 231 Å². The molecule has 1 aromatic heterocycles. The van der Waals surface area contributed by atoms with Crippen LogP contribution in [0, 0.1) is 0 Å². The summed E-state index contributed by atoms with van der Waals surface area (Å²) in [4.78, 5) is 13.1. The first-order valence-corrected chi connectivity index (χ1v) is 12.7. The Kier molecular flexibility index (Phi) is 7.95. The van der Waals surface area contributed by atoms with Crippen LogP contribution in [0.4, 0.5) is 0 Å². The van der Waals surface area contributed by atoms with Crippen LogP contribution in [0.1, 0.15) is 18.6 Å². The van der Waals surface area contributed by atoms with E-state index < -0.39 is 90.3 Å². The minimum Gasteiger partial charge on any atom is -0.508 e. The van der Waals surface area contributed by atoms with Crippen LogP contribution in [0.2, 0.25) is 0 Å². The maximum atomic E-state index is 13.1. The van der Waals surface area contributed by atoms with Gasteiger partial charge in [0.25, 0.3) is 0 Å². The van der Waals surface area contributed by atoms with Crippen LogP contribution in [0.15, 0.2) is 45.6 Å². The Morgan fingerprint density at radius 3 is 2.20 bits per heavy atom. The molecule has 5 rings (SSSR count). The maximum Gasteiger partial charge on any atom is 0.197 e. The third-order valence-corrected chi connectivity index (χ3v) is 7.41. The predicted octanol–water partition coefficient (Wildman–Crippen LogP) is -1.06. The summed E-state index contributed by atoms with van der Waals surface area (Å²) < 4.78 is 22.6. The summed E-state index contributed by atoms with van der Waals surface area (Å²) in [5.74, 6) is -1.42. The van der Waals surface area contributed by atoms with Gasteiger partial charge in [0.15, 0.2) is 11.7 Å². The molecule has 2 aliphatic rings. The molecule has 2 aromatic carbocycles. The molecule has 3 aromatic rings. The Morgan fingerprint density at radius 2 is 1.54 bits per heavy atom. The molecule has 222 valence electrons. The van der Waals surface area contributed by atoms with E-state index in [1.165, 1.54) is 31.2 Å². The Hall–Kier alpha value is -3.31. The van der Waals surface area contributed by atoms with Gasteiger partial charge in [0.2, 0.25) is 0 Å². The summed E-state index contributed by atoms with van der Waals surface area (Å²) in [6, 6.07) is 7.85. The first-order chi connectivity index (χ1) is 19.4. The van der Waals surface area contributed by atoms with E-state index in [4.69, 9.17) is 18.6 Å². The number of aromatic hydroxyl groups is 3. The highest BCUT2D eigenvalue weighted by molar-refractivity contribution is 5.88. The molecule has 3 heterocycles. The van der Waals surface area contributed by atoms with E-state index in [9.17, 15) is 50.8 Å². The molecule has 0 spiro atoms. The fraction of sp³-hybridized carbons (Fsp3) is 0.444. The van der Waals surface area contributed by atoms with Crippen LogP contribution in [-0.2, 0) is 14.2 Å². The number of phenols is 3. The molecule has 0 bridgehead atoms. The summed E-state index contributed by atoms with van der Waals surface area (Å²) in [5.41, 5.74) is -0.985. The van der Waals surface area contributed by atoms with Crippen molar-refractivity contribution in [3.8, 4) is 28.6 Å². The summed E-state index contributed by atoms with van der Waals surface area (Å²) >= 11 is 0. The molecule has 14 nitrogen and oxygen atoms in total. The first kappa shape index (κ1) is 29.2. The van der Waals surface area contributed by atoms with Crippen LogP contribution in [0.5, 0.6) is 17.2 Å². The molecule has 9 N–H and O–H groups in total. The second kappa shape index (κ2) is 11.2. The molecule has 2 fully saturated rings. The van der Waals surface area contributed by atoms with Crippen molar-refractivity contribution in [1.82, 2.24) is 0 Å². The van der Waals surface area contributed by atoms with Gasteiger partial charge in [-0.3, -0.25) is 4.79 Å². The molecule has 0 unspecified atom stereocenters. The standard InChI is InChI=1S/C27H30O14/c1-9-19(32)22(35)24(37)27(38-9)41-26-23(36)20(33)16(8-28)40-25(26)18-13(31)7-15-17(21(18)34)12(30)6-14(39-15)10-2-4-11(29)5-3-10/h2-7,9,16,19-20,22-29,31-37H,8H2,1H3/t9-,16-,19+,20-,22-,23+,24-,25+,26+,27+/m1/s1. The molecular weight excluding hydrogens is 548 g/mol. The van der Waals surface area contributed by atoms with E-state index >= 15 is 0 Å². The lowest BCUT2D eigenvalue weighted by molar-refractivity contribution is -0.338. The maximum absolute atomic E-state index is 13.1. The lowest BCUT2D eigenvalue weighted by Gasteiger charge is -2.46. The third-order valence-electron chi connectivity index (χ3n) is 7.41. The smallest absolute Gasteiger partial charge is 0.197 e. The Bertz CT molecular complexity index is 1460. The van der Waals surface area contributed by atoms with E-state index in [-0.39, 0.29) is 22.5 Å². The molecule has 2 saturated heterocycles. The molecule has 0 aliphatic carbocycles. The van der Waals surface area contributed by atoms with Crippen molar-refractivity contribution in [2.45, 2.75) is 68.1 Å². The lowest BCUT2D eigenvalue weighted by Crippen LogP contribution is -2.61. The minimum atomic E-state index is -1.86. The highest BCUT2D eigenvalue weighted by Crippen LogP contribution is 2.46. The number of rotatable bonds is 5. The summed E-state index contributed by atoms with van der Waals surface area (Å²) in [5, 5.41) is 93.1. The predicted molar refractivity (Wildman–Crippen MR) is 137 cm³/mol. The molecule has 14 heteroatoms. The first-order valence-electron chi connectivity index (χ1n) is 12.7. The minimum absolute atomic E-state index is 0.0131. The van der Waals surface area contributed by atoms with Gasteiger partial charge >= 0.3 is 0 Å². The van der Waals surface area contributed by atoms with Gasteiger partial charge in [0.1, 0.15) is 82.8 Å². The van der Waals surface area contributed by atoms with Crippen molar-refractivity contribution < 1.29 is 64.6 Å². The molecular formula is C27H30O14. The van der Waals surface area contributed by atoms with Crippen molar-refractivity contribution in [3.05, 3.63) is 52.2 Å². The lowest BCUT2D eigenvalue weighted by atomic mass is 9.89. The van der Waals surface area contributed by atoms with E-state index in [1.54, 1.807) is 0 Å². The monoisotopic (exact) mass is 578 g/mol. The van der Waals surface area contributed by atoms with Gasteiger partial charge in [-0.1, -0.05) is 0 Å². The topological polar surface area (TPSA) is 240 Å². The quantitative estimate of drug-likeness (QED) is 0.175. The van der Waals surface area contributed by atoms with Gasteiger partial charge in [-0.05, 0) is 31.2 Å². The van der Waals surface area contributed by atoms with Gasteiger partial charge in [-0.2, -0.15) is 0 Å². The van der Waals surface area contributed by atoms with Crippen LogP contribution in [-0.4, -0.2) is 108 Å². The normalized spacial score (nSPS) is 34.1. The zero-order valence-electron chi connectivity index (χ0n) is 21.5. The van der Waals surface area contributed by atoms with Crippen LogP contribution in [0.25, 0.3) is 22.3 Å². The van der Waals surface area contributed by atoms with Gasteiger partial charge in [-0.15, -0.1) is 0 Å². The van der Waals surface area contributed by atoms with Gasteiger partial charge in [0.05, 0.1) is 18.3 Å². The second-order valence-corrected chi connectivity index (χ2v) is 10.1. The number of aliphatic hydroxyl groups excluding tert-OH is 6. The second-order valence-electron chi connectivity index (χ2n) is 10.1. The molecule has 2 aliphatic heterocycles. The fourth-order valence-electron chi connectivity index (χ4n) is 5.11. The van der Waals surface area contributed by atoms with E-state index in [1.807, 2.05) is 0 Å². The van der Waals surface area contributed by atoms with E-state index in [0.29, 0.717) is 5.56 Å². The number of hydrogen-bond acceptors (Lipinski definition) is 14. The largest absolute Gasteiger partial charge is 0.508 e. The van der Waals surface area contributed by atoms with Crippen molar-refractivity contribution in [2.75, 3.05) is 6.61 Å². The number of hydrogen-bond donors (Lipinski definition) is 9. The molecule has 0 radical (unpaired) electrons. The van der Waals surface area contributed by atoms with Crippen molar-refractivity contribution in [3.63, 3.8) is 0 Å². The van der Waals surface area contributed by atoms with Gasteiger partial charge < -0.3 is 64.6 Å². The molecule has 41 heavy (non-hydrogen) atoms. The van der Waals surface area contributed by atoms with E-state index in [2.05, 4.69) is 0 Å². The average molecular weight is 579 g/mol. The highest BCUT2D eigenvalue weighted by Gasteiger charge is 2.51. The number of ether oxygens (including phenoxy) is 3. The van der Waals surface area contributed by atoms with Crippen LogP contribution >= 0.6 is 0 Å². The number of aliphatic hydroxyl groups is 6. The third kappa shape index (κ3) is 5.14. The number of fused-ring (bicyclic) bond motifs is 1. The van der Waals surface area contributed by atoms with Crippen LogP contribution < -0.4 is 5.43 Å². The SMILES string of the molecule is C[C@H]1O[C@@H](O[C@H]2[C@@H](O)[C@H](O)[C@@H](CO)O[C@H]2c2c(O)cc3oc(-c4ccc(O)cc4)cc(=O)c3c2O)[C@H](O)[C@H](O)[C@H]1O. The summed E-state index contributed by atoms with van der Waals surface area (Å²) in [6.45, 7) is 0.601. The van der Waals surface area contributed by atoms with E-state index in [0.717, 1.165) is 12.1 Å². The fourth-order valence-corrected chi connectivity index (χ4v) is 5.11. The number of phenolic OH excluding ortho intramolecular Hbond substituents is 3. The van der Waals surface area contributed by atoms with Crippen molar-refractivity contribution in [2.24, 2.45) is 0 Å². The zero-order chi connectivity index (χ0) is 29.7. The summed E-state index contributed by atoms with van der Waals surface area (Å²) in [6.07, 6.45) is -16.1. The Morgan fingerprint density at radius 1 is 0.854 bits per heavy atom. The highest BCUT2D eigenvalue weighted by atomic mass is 16.7. The molecule has 0 saturated carbocycles. The van der Waals surface area contributed by atoms with Gasteiger partial charge in [0, 0.05) is 17.7 Å². The Balaban J connectivity index is 1.59. The zero-order valence-corrected chi connectivity index (χ0v) is 21.5. The molecule has 10 atom stereocenters. The average Bonchev–Trinajstić information content (AvgIpc) is 2.93.